The highest BCUT2D eigenvalue weighted by molar-refractivity contribution is 5.81. The number of rotatable bonds is 7. The molecule has 2 N–H and O–H groups in total. The molecule has 1 aromatic carbocycles. The van der Waals surface area contributed by atoms with E-state index in [1.54, 1.807) is 0 Å². The van der Waals surface area contributed by atoms with Crippen molar-refractivity contribution in [1.82, 2.24) is 15.5 Å². The smallest absolute Gasteiger partial charge is 0.250 e. The molecule has 0 radical (unpaired) electrons. The number of nitrogens with one attached hydrogen (secondary N) is 2. The molecule has 2 rings (SSSR count). The molecular formula is C16H25N3O2. The Labute approximate surface area is 126 Å². The molecule has 0 aromatic heterocycles. The van der Waals surface area contributed by atoms with Gasteiger partial charge in [0.1, 0.15) is 6.10 Å². The van der Waals surface area contributed by atoms with Crippen LogP contribution in [0.5, 0.6) is 0 Å². The minimum atomic E-state index is -0.357. The zero-order chi connectivity index (χ0) is 14.9. The van der Waals surface area contributed by atoms with Gasteiger partial charge in [0.05, 0.1) is 6.61 Å². The summed E-state index contributed by atoms with van der Waals surface area (Å²) in [4.78, 5) is 14.3. The number of carbonyl (C=O) groups is 1. The highest BCUT2D eigenvalue weighted by atomic mass is 16.5. The molecule has 5 heteroatoms. The van der Waals surface area contributed by atoms with Crippen LogP contribution in [0, 0.1) is 0 Å². The lowest BCUT2D eigenvalue weighted by Crippen LogP contribution is -2.50. The quantitative estimate of drug-likeness (QED) is 0.723. The van der Waals surface area contributed by atoms with E-state index in [0.717, 1.165) is 26.2 Å². The molecule has 116 valence electrons. The Morgan fingerprint density at radius 2 is 2.14 bits per heavy atom. The van der Waals surface area contributed by atoms with Gasteiger partial charge in [-0.3, -0.25) is 9.69 Å². The van der Waals surface area contributed by atoms with E-state index < -0.39 is 0 Å². The zero-order valence-corrected chi connectivity index (χ0v) is 12.7. The van der Waals surface area contributed by atoms with Crippen molar-refractivity contribution in [3.05, 3.63) is 35.9 Å². The maximum atomic E-state index is 12.1. The summed E-state index contributed by atoms with van der Waals surface area (Å²) in [6.07, 6.45) is -0.357. The molecule has 0 aliphatic carbocycles. The molecule has 1 amide bonds. The van der Waals surface area contributed by atoms with Crippen molar-refractivity contribution in [3.8, 4) is 0 Å². The number of carbonyl (C=O) groups excluding carboxylic acids is 1. The van der Waals surface area contributed by atoms with Crippen molar-refractivity contribution < 1.29 is 9.53 Å². The SMILES string of the molecule is CCNCCNC(=O)C1CN(Cc2ccccc2)CCO1. The average Bonchev–Trinajstić information content (AvgIpc) is 2.53. The molecule has 21 heavy (non-hydrogen) atoms. The Morgan fingerprint density at radius 1 is 1.33 bits per heavy atom. The van der Waals surface area contributed by atoms with Crippen LogP contribution in [0.1, 0.15) is 12.5 Å². The van der Waals surface area contributed by atoms with E-state index in [1.165, 1.54) is 5.56 Å². The van der Waals surface area contributed by atoms with Gasteiger partial charge in [-0.25, -0.2) is 0 Å². The topological polar surface area (TPSA) is 53.6 Å². The van der Waals surface area contributed by atoms with E-state index in [4.69, 9.17) is 4.74 Å². The Hall–Kier alpha value is -1.43. The summed E-state index contributed by atoms with van der Waals surface area (Å²) < 4.78 is 5.59. The van der Waals surface area contributed by atoms with Crippen LogP contribution in [-0.2, 0) is 16.1 Å². The van der Waals surface area contributed by atoms with E-state index in [-0.39, 0.29) is 12.0 Å². The first-order valence-electron chi connectivity index (χ1n) is 7.66. The first-order valence-corrected chi connectivity index (χ1v) is 7.66. The van der Waals surface area contributed by atoms with Crippen LogP contribution in [0.25, 0.3) is 0 Å². The Balaban J connectivity index is 1.76. The predicted octanol–water partition coefficient (Wildman–Crippen LogP) is 0.613. The van der Waals surface area contributed by atoms with Gasteiger partial charge in [0.2, 0.25) is 0 Å². The molecule has 1 heterocycles. The highest BCUT2D eigenvalue weighted by Gasteiger charge is 2.26. The van der Waals surface area contributed by atoms with Crippen molar-refractivity contribution in [1.29, 1.82) is 0 Å². The highest BCUT2D eigenvalue weighted by Crippen LogP contribution is 2.10. The second-order valence-electron chi connectivity index (χ2n) is 5.22. The van der Waals surface area contributed by atoms with Gasteiger partial charge in [0, 0.05) is 32.7 Å². The minimum absolute atomic E-state index is 0.00864. The van der Waals surface area contributed by atoms with Gasteiger partial charge in [0.15, 0.2) is 0 Å². The minimum Gasteiger partial charge on any atom is -0.366 e. The Morgan fingerprint density at radius 3 is 2.90 bits per heavy atom. The summed E-state index contributed by atoms with van der Waals surface area (Å²) in [6, 6.07) is 10.3. The summed E-state index contributed by atoms with van der Waals surface area (Å²) in [5, 5.41) is 6.10. The van der Waals surface area contributed by atoms with Crippen LogP contribution < -0.4 is 10.6 Å². The number of likely N-dealkylation sites (N-methyl/N-ethyl adjacent to an activating group) is 1. The van der Waals surface area contributed by atoms with E-state index >= 15 is 0 Å². The maximum Gasteiger partial charge on any atom is 0.250 e. The van der Waals surface area contributed by atoms with E-state index in [9.17, 15) is 4.79 Å². The second kappa shape index (κ2) is 8.77. The number of ether oxygens (including phenoxy) is 1. The fourth-order valence-electron chi connectivity index (χ4n) is 2.41. The van der Waals surface area contributed by atoms with Crippen molar-refractivity contribution in [3.63, 3.8) is 0 Å². The van der Waals surface area contributed by atoms with Gasteiger partial charge in [-0.1, -0.05) is 37.3 Å². The van der Waals surface area contributed by atoms with Crippen LogP contribution in [0.3, 0.4) is 0 Å². The standard InChI is InChI=1S/C16H25N3O2/c1-2-17-8-9-18-16(20)15-13-19(10-11-21-15)12-14-6-4-3-5-7-14/h3-7,15,17H,2,8-13H2,1H3,(H,18,20). The van der Waals surface area contributed by atoms with Crippen LogP contribution >= 0.6 is 0 Å². The van der Waals surface area contributed by atoms with Gasteiger partial charge < -0.3 is 15.4 Å². The molecule has 1 saturated heterocycles. The van der Waals surface area contributed by atoms with Crippen LogP contribution in [0.4, 0.5) is 0 Å². The van der Waals surface area contributed by atoms with Gasteiger partial charge in [-0.2, -0.15) is 0 Å². The number of hydrogen-bond donors (Lipinski definition) is 2. The fraction of sp³-hybridized carbons (Fsp3) is 0.562. The van der Waals surface area contributed by atoms with E-state index in [2.05, 4.69) is 27.7 Å². The second-order valence-corrected chi connectivity index (χ2v) is 5.22. The molecular weight excluding hydrogens is 266 g/mol. The number of morpholine rings is 1. The molecule has 1 fully saturated rings. The summed E-state index contributed by atoms with van der Waals surface area (Å²) in [5.41, 5.74) is 1.27. The molecule has 0 saturated carbocycles. The van der Waals surface area contributed by atoms with E-state index in [0.29, 0.717) is 19.7 Å². The molecule has 0 bridgehead atoms. The summed E-state index contributed by atoms with van der Waals surface area (Å²) in [7, 11) is 0. The number of benzene rings is 1. The normalized spacial score (nSPS) is 19.4. The van der Waals surface area contributed by atoms with Crippen molar-refractivity contribution in [2.24, 2.45) is 0 Å². The fourth-order valence-corrected chi connectivity index (χ4v) is 2.41. The molecule has 1 aliphatic rings. The lowest BCUT2D eigenvalue weighted by Gasteiger charge is -2.32. The van der Waals surface area contributed by atoms with E-state index in [1.807, 2.05) is 25.1 Å². The number of amides is 1. The Bertz CT molecular complexity index is 425. The summed E-state index contributed by atoms with van der Waals surface area (Å²) in [5.74, 6) is -0.00864. The van der Waals surface area contributed by atoms with Crippen LogP contribution in [0.2, 0.25) is 0 Å². The maximum absolute atomic E-state index is 12.1. The van der Waals surface area contributed by atoms with Crippen molar-refractivity contribution >= 4 is 5.91 Å². The lowest BCUT2D eigenvalue weighted by atomic mass is 10.2. The first kappa shape index (κ1) is 15.9. The third-order valence-electron chi connectivity index (χ3n) is 3.54. The monoisotopic (exact) mass is 291 g/mol. The van der Waals surface area contributed by atoms with Crippen LogP contribution in [-0.4, -0.2) is 56.2 Å². The van der Waals surface area contributed by atoms with Gasteiger partial charge in [-0.15, -0.1) is 0 Å². The van der Waals surface area contributed by atoms with Gasteiger partial charge in [0.25, 0.3) is 5.91 Å². The van der Waals surface area contributed by atoms with Gasteiger partial charge in [-0.05, 0) is 12.1 Å². The summed E-state index contributed by atoms with van der Waals surface area (Å²) >= 11 is 0. The predicted molar refractivity (Wildman–Crippen MR) is 83.0 cm³/mol. The Kier molecular flexibility index (Phi) is 6.66. The van der Waals surface area contributed by atoms with Crippen LogP contribution in [0.15, 0.2) is 30.3 Å². The van der Waals surface area contributed by atoms with Crippen molar-refractivity contribution in [2.45, 2.75) is 19.6 Å². The summed E-state index contributed by atoms with van der Waals surface area (Å²) in [6.45, 7) is 7.41. The molecule has 1 atom stereocenters. The molecule has 0 spiro atoms. The molecule has 1 unspecified atom stereocenters. The largest absolute Gasteiger partial charge is 0.366 e. The molecule has 5 nitrogen and oxygen atoms in total. The first-order chi connectivity index (χ1) is 10.3. The molecule has 1 aliphatic heterocycles. The third kappa shape index (κ3) is 5.46. The van der Waals surface area contributed by atoms with Gasteiger partial charge >= 0.3 is 0 Å². The zero-order valence-electron chi connectivity index (χ0n) is 12.7. The number of nitrogens with zero attached hydrogens (tertiary/aromatic N) is 1. The third-order valence-corrected chi connectivity index (χ3v) is 3.54. The number of hydrogen-bond acceptors (Lipinski definition) is 4. The van der Waals surface area contributed by atoms with Crippen molar-refractivity contribution in [2.75, 3.05) is 39.3 Å². The average molecular weight is 291 g/mol. The lowest BCUT2D eigenvalue weighted by molar-refractivity contribution is -0.138. The molecule has 1 aromatic rings.